The fraction of sp³-hybridized carbons (Fsp3) is 0.696. The first-order valence-electron chi connectivity index (χ1n) is 10.9. The van der Waals surface area contributed by atoms with E-state index in [1.165, 1.54) is 31.2 Å². The van der Waals surface area contributed by atoms with Crippen LogP contribution in [-0.2, 0) is 4.74 Å². The molecule has 1 saturated carbocycles. The van der Waals surface area contributed by atoms with Crippen LogP contribution in [0.3, 0.4) is 0 Å². The third-order valence-electron chi connectivity index (χ3n) is 6.00. The van der Waals surface area contributed by atoms with Crippen LogP contribution in [0.5, 0.6) is 5.75 Å². The number of nitrogens with one attached hydrogen (secondary N) is 2. The zero-order valence-corrected chi connectivity index (χ0v) is 19.0. The first kappa shape index (κ1) is 23.5. The number of para-hydroxylation sites is 1. The Bertz CT molecular complexity index is 627. The Morgan fingerprint density at radius 3 is 2.52 bits per heavy atom. The molecule has 1 aromatic carbocycles. The lowest BCUT2D eigenvalue weighted by atomic mass is 9.83. The number of hydrogen-bond donors (Lipinski definition) is 2. The number of nitrogens with zero attached hydrogens (tertiary/aromatic N) is 2. The predicted molar refractivity (Wildman–Crippen MR) is 121 cm³/mol. The molecule has 1 atom stereocenters. The van der Waals surface area contributed by atoms with E-state index in [0.29, 0.717) is 5.41 Å². The molecule has 1 unspecified atom stereocenters. The van der Waals surface area contributed by atoms with Gasteiger partial charge in [0, 0.05) is 38.9 Å². The predicted octanol–water partition coefficient (Wildman–Crippen LogP) is 3.45. The Balaban J connectivity index is 2.08. The highest BCUT2D eigenvalue weighted by Gasteiger charge is 2.33. The maximum atomic E-state index is 5.58. The Kier molecular flexibility index (Phi) is 9.74. The van der Waals surface area contributed by atoms with Crippen molar-refractivity contribution in [2.24, 2.45) is 10.4 Å². The van der Waals surface area contributed by atoms with E-state index in [9.17, 15) is 0 Å². The Labute approximate surface area is 177 Å². The average Bonchev–Trinajstić information content (AvgIpc) is 3.20. The lowest BCUT2D eigenvalue weighted by Crippen LogP contribution is -2.42. The van der Waals surface area contributed by atoms with E-state index in [1.54, 1.807) is 14.2 Å². The third kappa shape index (κ3) is 6.89. The van der Waals surface area contributed by atoms with Crippen molar-refractivity contribution in [3.8, 4) is 5.75 Å². The van der Waals surface area contributed by atoms with Crippen LogP contribution in [0.2, 0.25) is 0 Å². The van der Waals surface area contributed by atoms with Crippen molar-refractivity contribution in [1.29, 1.82) is 0 Å². The van der Waals surface area contributed by atoms with Gasteiger partial charge in [0.15, 0.2) is 5.96 Å². The number of ether oxygens (including phenoxy) is 2. The van der Waals surface area contributed by atoms with Crippen molar-refractivity contribution in [2.45, 2.75) is 45.1 Å². The van der Waals surface area contributed by atoms with Crippen LogP contribution in [0.15, 0.2) is 29.3 Å². The van der Waals surface area contributed by atoms with Crippen molar-refractivity contribution < 1.29 is 9.47 Å². The van der Waals surface area contributed by atoms with Gasteiger partial charge in [0.1, 0.15) is 5.75 Å². The largest absolute Gasteiger partial charge is 0.496 e. The minimum absolute atomic E-state index is 0.184. The van der Waals surface area contributed by atoms with Crippen LogP contribution in [0.25, 0.3) is 0 Å². The molecule has 2 N–H and O–H groups in total. The smallest absolute Gasteiger partial charge is 0.191 e. The fourth-order valence-electron chi connectivity index (χ4n) is 4.23. The van der Waals surface area contributed by atoms with E-state index < -0.39 is 0 Å². The monoisotopic (exact) mass is 404 g/mol. The van der Waals surface area contributed by atoms with Crippen LogP contribution < -0.4 is 15.4 Å². The summed E-state index contributed by atoms with van der Waals surface area (Å²) in [5, 5.41) is 6.97. The van der Waals surface area contributed by atoms with E-state index in [-0.39, 0.29) is 6.04 Å². The molecule has 6 nitrogen and oxygen atoms in total. The van der Waals surface area contributed by atoms with E-state index in [1.807, 2.05) is 12.1 Å². The summed E-state index contributed by atoms with van der Waals surface area (Å²) >= 11 is 0. The Morgan fingerprint density at radius 2 is 1.90 bits per heavy atom. The molecule has 0 amide bonds. The van der Waals surface area contributed by atoms with Gasteiger partial charge in [-0.05, 0) is 51.8 Å². The van der Waals surface area contributed by atoms with Crippen molar-refractivity contribution in [3.05, 3.63) is 29.8 Å². The topological polar surface area (TPSA) is 58.1 Å². The molecule has 1 aromatic rings. The maximum Gasteiger partial charge on any atom is 0.191 e. The van der Waals surface area contributed by atoms with Gasteiger partial charge in [0.2, 0.25) is 0 Å². The molecule has 164 valence electrons. The fourth-order valence-corrected chi connectivity index (χ4v) is 4.23. The molecule has 0 spiro atoms. The summed E-state index contributed by atoms with van der Waals surface area (Å²) in [5.74, 6) is 1.80. The summed E-state index contributed by atoms with van der Waals surface area (Å²) < 4.78 is 10.9. The summed E-state index contributed by atoms with van der Waals surface area (Å²) in [6.45, 7) is 5.38. The van der Waals surface area contributed by atoms with E-state index in [2.05, 4.69) is 48.7 Å². The molecule has 2 rings (SSSR count). The Hall–Kier alpha value is -1.79. The van der Waals surface area contributed by atoms with Gasteiger partial charge in [-0.25, -0.2) is 0 Å². The minimum atomic E-state index is 0.184. The highest BCUT2D eigenvalue weighted by molar-refractivity contribution is 5.79. The van der Waals surface area contributed by atoms with Crippen LogP contribution in [0, 0.1) is 5.41 Å². The normalized spacial score (nSPS) is 17.4. The van der Waals surface area contributed by atoms with Gasteiger partial charge in [-0.15, -0.1) is 0 Å². The number of aliphatic imine (C=N–C) groups is 1. The minimum Gasteiger partial charge on any atom is -0.496 e. The molecular weight excluding hydrogens is 364 g/mol. The number of benzene rings is 1. The second-order valence-electron chi connectivity index (χ2n) is 8.25. The summed E-state index contributed by atoms with van der Waals surface area (Å²) in [5.41, 5.74) is 1.47. The van der Waals surface area contributed by atoms with Crippen LogP contribution >= 0.6 is 0 Å². The number of hydrogen-bond acceptors (Lipinski definition) is 4. The van der Waals surface area contributed by atoms with Crippen molar-refractivity contribution in [2.75, 3.05) is 54.6 Å². The lowest BCUT2D eigenvalue weighted by Gasteiger charge is -2.29. The van der Waals surface area contributed by atoms with Crippen LogP contribution in [0.4, 0.5) is 0 Å². The summed E-state index contributed by atoms with van der Waals surface area (Å²) in [6, 6.07) is 8.41. The van der Waals surface area contributed by atoms with Gasteiger partial charge in [0.05, 0.1) is 13.2 Å². The number of rotatable bonds is 11. The van der Waals surface area contributed by atoms with Crippen LogP contribution in [-0.4, -0.2) is 65.4 Å². The average molecular weight is 405 g/mol. The van der Waals surface area contributed by atoms with Gasteiger partial charge >= 0.3 is 0 Å². The molecule has 0 radical (unpaired) electrons. The third-order valence-corrected chi connectivity index (χ3v) is 6.00. The molecular formula is C23H40N4O2. The highest BCUT2D eigenvalue weighted by atomic mass is 16.5. The van der Waals surface area contributed by atoms with Crippen molar-refractivity contribution in [3.63, 3.8) is 0 Å². The van der Waals surface area contributed by atoms with E-state index >= 15 is 0 Å². The van der Waals surface area contributed by atoms with Gasteiger partial charge in [-0.1, -0.05) is 31.0 Å². The number of likely N-dealkylation sites (N-methyl/N-ethyl adjacent to an activating group) is 1. The number of guanidine groups is 1. The SMILES string of the molecule is CCNC(=NCC1(CCOC)CCCC1)NCC(c1ccccc1OC)N(C)C. The molecule has 1 aliphatic rings. The molecule has 0 bridgehead atoms. The molecule has 0 aromatic heterocycles. The standard InChI is InChI=1S/C23H40N4O2/c1-6-24-22(26-18-23(15-16-28-4)13-9-10-14-23)25-17-20(27(2)3)19-11-7-8-12-21(19)29-5/h7-8,11-12,20H,6,9-10,13-18H2,1-5H3,(H2,24,25,26). The van der Waals surface area contributed by atoms with Gasteiger partial charge in [-0.3, -0.25) is 4.99 Å². The first-order chi connectivity index (χ1) is 14.0. The second-order valence-corrected chi connectivity index (χ2v) is 8.25. The molecule has 0 heterocycles. The Morgan fingerprint density at radius 1 is 1.17 bits per heavy atom. The molecule has 1 fully saturated rings. The zero-order chi connectivity index (χ0) is 21.1. The summed E-state index contributed by atoms with van der Waals surface area (Å²) in [7, 11) is 7.71. The molecule has 0 saturated heterocycles. The van der Waals surface area contributed by atoms with Gasteiger partial charge < -0.3 is 25.0 Å². The second kappa shape index (κ2) is 12.0. The maximum absolute atomic E-state index is 5.58. The molecule has 0 aliphatic heterocycles. The molecule has 1 aliphatic carbocycles. The van der Waals surface area contributed by atoms with Crippen molar-refractivity contribution >= 4 is 5.96 Å². The first-order valence-corrected chi connectivity index (χ1v) is 10.9. The number of methoxy groups -OCH3 is 2. The van der Waals surface area contributed by atoms with Crippen LogP contribution in [0.1, 0.15) is 50.6 Å². The lowest BCUT2D eigenvalue weighted by molar-refractivity contribution is 0.141. The summed E-state index contributed by atoms with van der Waals surface area (Å²) in [6.07, 6.45) is 6.20. The zero-order valence-electron chi connectivity index (χ0n) is 19.0. The van der Waals surface area contributed by atoms with Crippen molar-refractivity contribution in [1.82, 2.24) is 15.5 Å². The summed E-state index contributed by atoms with van der Waals surface area (Å²) in [4.78, 5) is 7.19. The molecule has 6 heteroatoms. The van der Waals surface area contributed by atoms with Gasteiger partial charge in [0.25, 0.3) is 0 Å². The van der Waals surface area contributed by atoms with E-state index in [4.69, 9.17) is 14.5 Å². The highest BCUT2D eigenvalue weighted by Crippen LogP contribution is 2.41. The van der Waals surface area contributed by atoms with E-state index in [0.717, 1.165) is 44.4 Å². The molecule has 29 heavy (non-hydrogen) atoms. The quantitative estimate of drug-likeness (QED) is 0.437. The van der Waals surface area contributed by atoms with Gasteiger partial charge in [-0.2, -0.15) is 0 Å².